The van der Waals surface area contributed by atoms with Crippen molar-refractivity contribution < 1.29 is 24.1 Å². The van der Waals surface area contributed by atoms with Gasteiger partial charge in [0.05, 0.1) is 38.1 Å². The van der Waals surface area contributed by atoms with E-state index < -0.39 is 5.79 Å². The molecule has 3 rings (SSSR count). The molecule has 27 heavy (non-hydrogen) atoms. The van der Waals surface area contributed by atoms with E-state index in [1.54, 1.807) is 0 Å². The number of rotatable bonds is 8. The molecule has 2 saturated heterocycles. The molecule has 0 aromatic heterocycles. The Kier molecular flexibility index (Phi) is 6.59. The molecule has 2 heterocycles. The zero-order valence-corrected chi connectivity index (χ0v) is 17.1. The first kappa shape index (κ1) is 20.7. The second-order valence-corrected chi connectivity index (χ2v) is 8.57. The van der Waals surface area contributed by atoms with Gasteiger partial charge in [-0.15, -0.1) is 0 Å². The van der Waals surface area contributed by atoms with Crippen LogP contribution in [0, 0.1) is 17.8 Å². The quantitative estimate of drug-likeness (QED) is 0.703. The number of aliphatic hydroxyl groups is 1. The third-order valence-corrected chi connectivity index (χ3v) is 5.83. The average Bonchev–Trinajstić information content (AvgIpc) is 3.44. The van der Waals surface area contributed by atoms with Crippen LogP contribution in [0.15, 0.2) is 30.3 Å². The monoisotopic (exact) mass is 378 g/mol. The van der Waals surface area contributed by atoms with Crippen molar-refractivity contribution in [2.75, 3.05) is 13.2 Å². The summed E-state index contributed by atoms with van der Waals surface area (Å²) in [7, 11) is 0. The molecule has 7 atom stereocenters. The van der Waals surface area contributed by atoms with Crippen LogP contribution in [0.4, 0.5) is 0 Å². The summed E-state index contributed by atoms with van der Waals surface area (Å²) in [6, 6.07) is 10.2. The Morgan fingerprint density at radius 2 is 1.81 bits per heavy atom. The summed E-state index contributed by atoms with van der Waals surface area (Å²) in [5, 5.41) is 9.41. The van der Waals surface area contributed by atoms with Crippen molar-refractivity contribution >= 4 is 0 Å². The third-order valence-electron chi connectivity index (χ3n) is 5.83. The van der Waals surface area contributed by atoms with E-state index in [1.165, 1.54) is 0 Å². The SMILES string of the molecule is C[C@H]([C@H](OCc1ccccc1)[C@H](C)[C@H]1OC(C)(C)OC[C@@H]1C)[C@H]1O[C@@H]1CO. The first-order chi connectivity index (χ1) is 12.8. The van der Waals surface area contributed by atoms with Gasteiger partial charge in [0.25, 0.3) is 0 Å². The molecule has 0 bridgehead atoms. The van der Waals surface area contributed by atoms with Gasteiger partial charge in [0.1, 0.15) is 6.10 Å². The lowest BCUT2D eigenvalue weighted by atomic mass is 9.81. The molecule has 1 aromatic carbocycles. The van der Waals surface area contributed by atoms with Gasteiger partial charge in [-0.25, -0.2) is 0 Å². The second-order valence-electron chi connectivity index (χ2n) is 8.57. The van der Waals surface area contributed by atoms with Gasteiger partial charge in [0, 0.05) is 17.8 Å². The molecule has 1 N–H and O–H groups in total. The molecular weight excluding hydrogens is 344 g/mol. The van der Waals surface area contributed by atoms with Gasteiger partial charge in [0.2, 0.25) is 0 Å². The maximum atomic E-state index is 9.41. The van der Waals surface area contributed by atoms with E-state index in [9.17, 15) is 5.11 Å². The normalized spacial score (nSPS) is 33.3. The zero-order valence-electron chi connectivity index (χ0n) is 17.1. The summed E-state index contributed by atoms with van der Waals surface area (Å²) < 4.78 is 24.2. The smallest absolute Gasteiger partial charge is 0.163 e. The number of epoxide rings is 1. The number of hydrogen-bond acceptors (Lipinski definition) is 5. The summed E-state index contributed by atoms with van der Waals surface area (Å²) in [4.78, 5) is 0. The van der Waals surface area contributed by atoms with E-state index in [2.05, 4.69) is 32.9 Å². The van der Waals surface area contributed by atoms with Crippen molar-refractivity contribution in [1.82, 2.24) is 0 Å². The van der Waals surface area contributed by atoms with Crippen LogP contribution < -0.4 is 0 Å². The average molecular weight is 379 g/mol. The van der Waals surface area contributed by atoms with E-state index in [-0.39, 0.29) is 48.8 Å². The summed E-state index contributed by atoms with van der Waals surface area (Å²) in [5.41, 5.74) is 1.15. The lowest BCUT2D eigenvalue weighted by molar-refractivity contribution is -0.306. The van der Waals surface area contributed by atoms with Crippen LogP contribution in [0.2, 0.25) is 0 Å². The van der Waals surface area contributed by atoms with Gasteiger partial charge in [0.15, 0.2) is 5.79 Å². The fourth-order valence-corrected chi connectivity index (χ4v) is 4.22. The standard InChI is InChI=1S/C22H34O5/c1-14-12-25-22(4,5)27-19(14)15(2)20(16(3)21-18(11-23)26-21)24-13-17-9-7-6-8-10-17/h6-10,14-16,18-21,23H,11-13H2,1-5H3/t14-,15+,16+,18+,19-,20+,21+/m0/s1. The second kappa shape index (κ2) is 8.58. The van der Waals surface area contributed by atoms with Gasteiger partial charge in [-0.3, -0.25) is 0 Å². The van der Waals surface area contributed by atoms with Crippen molar-refractivity contribution in [2.45, 2.75) is 71.4 Å². The highest BCUT2D eigenvalue weighted by Crippen LogP contribution is 2.39. The maximum absolute atomic E-state index is 9.41. The van der Waals surface area contributed by atoms with Crippen molar-refractivity contribution in [2.24, 2.45) is 17.8 Å². The van der Waals surface area contributed by atoms with Gasteiger partial charge >= 0.3 is 0 Å². The van der Waals surface area contributed by atoms with E-state index in [1.807, 2.05) is 32.0 Å². The maximum Gasteiger partial charge on any atom is 0.163 e. The number of benzene rings is 1. The molecule has 5 heteroatoms. The van der Waals surface area contributed by atoms with Crippen LogP contribution in [0.3, 0.4) is 0 Å². The number of aliphatic hydroxyl groups excluding tert-OH is 1. The van der Waals surface area contributed by atoms with Crippen LogP contribution in [-0.2, 0) is 25.6 Å². The molecule has 152 valence electrons. The van der Waals surface area contributed by atoms with Crippen molar-refractivity contribution in [1.29, 1.82) is 0 Å². The molecule has 2 aliphatic heterocycles. The van der Waals surface area contributed by atoms with Gasteiger partial charge < -0.3 is 24.1 Å². The Morgan fingerprint density at radius 1 is 1.15 bits per heavy atom. The van der Waals surface area contributed by atoms with Crippen LogP contribution in [0.25, 0.3) is 0 Å². The molecule has 1 aromatic rings. The number of hydrogen-bond donors (Lipinski definition) is 1. The van der Waals surface area contributed by atoms with Crippen LogP contribution >= 0.6 is 0 Å². The Labute approximate surface area is 163 Å². The fraction of sp³-hybridized carbons (Fsp3) is 0.727. The predicted molar refractivity (Wildman–Crippen MR) is 103 cm³/mol. The van der Waals surface area contributed by atoms with Crippen molar-refractivity contribution in [3.05, 3.63) is 35.9 Å². The first-order valence-corrected chi connectivity index (χ1v) is 10.1. The first-order valence-electron chi connectivity index (χ1n) is 10.1. The Morgan fingerprint density at radius 3 is 2.44 bits per heavy atom. The lowest BCUT2D eigenvalue weighted by Crippen LogP contribution is -2.51. The Hall–Kier alpha value is -0.980. The summed E-state index contributed by atoms with van der Waals surface area (Å²) in [6.07, 6.45) is -0.0164. The predicted octanol–water partition coefficient (Wildman–Crippen LogP) is 3.39. The zero-order chi connectivity index (χ0) is 19.6. The highest BCUT2D eigenvalue weighted by Gasteiger charge is 2.49. The topological polar surface area (TPSA) is 60.5 Å². The molecule has 0 amide bonds. The molecule has 0 unspecified atom stereocenters. The molecule has 2 fully saturated rings. The summed E-state index contributed by atoms with van der Waals surface area (Å²) in [6.45, 7) is 11.7. The molecular formula is C22H34O5. The van der Waals surface area contributed by atoms with Crippen LogP contribution in [0.1, 0.15) is 40.2 Å². The van der Waals surface area contributed by atoms with Crippen LogP contribution in [-0.4, -0.2) is 48.5 Å². The van der Waals surface area contributed by atoms with Gasteiger partial charge in [-0.05, 0) is 19.4 Å². The Bertz CT molecular complexity index is 590. The largest absolute Gasteiger partial charge is 0.394 e. The highest BCUT2D eigenvalue weighted by molar-refractivity contribution is 5.13. The van der Waals surface area contributed by atoms with Gasteiger partial charge in [-0.2, -0.15) is 0 Å². The van der Waals surface area contributed by atoms with Crippen LogP contribution in [0.5, 0.6) is 0 Å². The molecule has 0 spiro atoms. The molecule has 5 nitrogen and oxygen atoms in total. The fourth-order valence-electron chi connectivity index (χ4n) is 4.22. The third kappa shape index (κ3) is 5.09. The van der Waals surface area contributed by atoms with E-state index >= 15 is 0 Å². The minimum Gasteiger partial charge on any atom is -0.394 e. The number of ether oxygens (including phenoxy) is 4. The summed E-state index contributed by atoms with van der Waals surface area (Å²) >= 11 is 0. The van der Waals surface area contributed by atoms with Crippen molar-refractivity contribution in [3.8, 4) is 0 Å². The lowest BCUT2D eigenvalue weighted by Gasteiger charge is -2.45. The van der Waals surface area contributed by atoms with E-state index in [4.69, 9.17) is 18.9 Å². The molecule has 0 aliphatic carbocycles. The van der Waals surface area contributed by atoms with Crippen molar-refractivity contribution in [3.63, 3.8) is 0 Å². The minimum atomic E-state index is -0.581. The molecule has 2 aliphatic rings. The minimum absolute atomic E-state index is 0.0342. The van der Waals surface area contributed by atoms with E-state index in [0.29, 0.717) is 13.2 Å². The molecule has 0 saturated carbocycles. The Balaban J connectivity index is 1.73. The molecule has 0 radical (unpaired) electrons. The van der Waals surface area contributed by atoms with Gasteiger partial charge in [-0.1, -0.05) is 51.1 Å². The highest BCUT2D eigenvalue weighted by atomic mass is 16.7. The summed E-state index contributed by atoms with van der Waals surface area (Å²) in [5.74, 6) is 0.0485. The van der Waals surface area contributed by atoms with E-state index in [0.717, 1.165) is 5.56 Å².